The Morgan fingerprint density at radius 2 is 1.74 bits per heavy atom. The minimum atomic E-state index is -0.372. The van der Waals surface area contributed by atoms with E-state index in [9.17, 15) is 9.59 Å². The summed E-state index contributed by atoms with van der Waals surface area (Å²) < 4.78 is 11.9. The molecule has 0 radical (unpaired) electrons. The van der Waals surface area contributed by atoms with Crippen molar-refractivity contribution in [3.8, 4) is 5.75 Å². The van der Waals surface area contributed by atoms with Crippen LogP contribution >= 0.6 is 0 Å². The topological polar surface area (TPSA) is 59.8 Å². The Kier molecular flexibility index (Phi) is 3.74. The Balaban J connectivity index is 1.72. The number of rotatable bonds is 2. The molecule has 1 aromatic heterocycles. The number of nitrogens with zero attached hydrogens (tertiary/aromatic N) is 1. The van der Waals surface area contributed by atoms with E-state index in [1.165, 1.54) is 0 Å². The first-order chi connectivity index (χ1) is 13.2. The minimum Gasteiger partial charge on any atom is -0.469 e. The number of carbonyl (C=O) groups is 1. The van der Waals surface area contributed by atoms with Crippen molar-refractivity contribution in [3.63, 3.8) is 0 Å². The quantitative estimate of drug-likeness (QED) is 0.654. The van der Waals surface area contributed by atoms with E-state index in [0.29, 0.717) is 36.3 Å². The molecule has 2 aliphatic rings. The maximum Gasteiger partial charge on any atom is 0.343 e. The summed E-state index contributed by atoms with van der Waals surface area (Å²) in [4.78, 5) is 27.0. The van der Waals surface area contributed by atoms with Gasteiger partial charge in [-0.3, -0.25) is 4.79 Å². The van der Waals surface area contributed by atoms with E-state index < -0.39 is 0 Å². The van der Waals surface area contributed by atoms with E-state index >= 15 is 0 Å². The average Bonchev–Trinajstić information content (AvgIpc) is 3.14. The molecular formula is C22H19NO4. The molecular weight excluding hydrogens is 342 g/mol. The molecule has 5 rings (SSSR count). The molecule has 1 fully saturated rings. The molecule has 2 aliphatic heterocycles. The predicted octanol–water partition coefficient (Wildman–Crippen LogP) is 3.66. The zero-order valence-electron chi connectivity index (χ0n) is 14.8. The first kappa shape index (κ1) is 16.1. The first-order valence-corrected chi connectivity index (χ1v) is 9.29. The summed E-state index contributed by atoms with van der Waals surface area (Å²) in [6.07, 6.45) is 1.58. The van der Waals surface area contributed by atoms with E-state index in [4.69, 9.17) is 9.15 Å². The van der Waals surface area contributed by atoms with Gasteiger partial charge in [-0.2, -0.15) is 0 Å². The first-order valence-electron chi connectivity index (χ1n) is 9.29. The number of fused-ring (bicyclic) bond motifs is 3. The van der Waals surface area contributed by atoms with Gasteiger partial charge in [0.2, 0.25) is 5.91 Å². The molecule has 0 unspecified atom stereocenters. The van der Waals surface area contributed by atoms with E-state index in [0.717, 1.165) is 17.4 Å². The Morgan fingerprint density at radius 3 is 2.52 bits per heavy atom. The zero-order chi connectivity index (χ0) is 18.4. The smallest absolute Gasteiger partial charge is 0.343 e. The molecule has 27 heavy (non-hydrogen) atoms. The second-order valence-electron chi connectivity index (χ2n) is 7.09. The van der Waals surface area contributed by atoms with Gasteiger partial charge in [0.25, 0.3) is 0 Å². The molecule has 136 valence electrons. The van der Waals surface area contributed by atoms with Crippen LogP contribution in [0.25, 0.3) is 11.0 Å². The molecule has 2 atom stereocenters. The monoisotopic (exact) mass is 361 g/mol. The molecule has 3 heterocycles. The molecule has 0 saturated carbocycles. The molecule has 0 bridgehead atoms. The third kappa shape index (κ3) is 2.62. The third-order valence-electron chi connectivity index (χ3n) is 5.50. The summed E-state index contributed by atoms with van der Waals surface area (Å²) >= 11 is 0. The van der Waals surface area contributed by atoms with Gasteiger partial charge in [-0.05, 0) is 24.1 Å². The highest BCUT2D eigenvalue weighted by molar-refractivity contribution is 5.85. The van der Waals surface area contributed by atoms with Gasteiger partial charge in [0.1, 0.15) is 11.3 Å². The van der Waals surface area contributed by atoms with Gasteiger partial charge >= 0.3 is 5.63 Å². The lowest BCUT2D eigenvalue weighted by molar-refractivity contribution is -0.135. The van der Waals surface area contributed by atoms with Gasteiger partial charge in [-0.1, -0.05) is 42.5 Å². The highest BCUT2D eigenvalue weighted by Crippen LogP contribution is 2.43. The van der Waals surface area contributed by atoms with Crippen LogP contribution in [0.4, 0.5) is 0 Å². The van der Waals surface area contributed by atoms with Gasteiger partial charge < -0.3 is 14.1 Å². The highest BCUT2D eigenvalue weighted by Gasteiger charge is 2.39. The molecule has 1 amide bonds. The van der Waals surface area contributed by atoms with Crippen molar-refractivity contribution in [2.24, 2.45) is 0 Å². The zero-order valence-corrected chi connectivity index (χ0v) is 14.8. The number of hydrogen-bond acceptors (Lipinski definition) is 4. The highest BCUT2D eigenvalue weighted by atomic mass is 16.5. The van der Waals surface area contributed by atoms with Crippen LogP contribution in [-0.2, 0) is 4.79 Å². The van der Waals surface area contributed by atoms with Crippen LogP contribution in [0.5, 0.6) is 5.75 Å². The van der Waals surface area contributed by atoms with Crippen molar-refractivity contribution in [3.05, 3.63) is 76.1 Å². The summed E-state index contributed by atoms with van der Waals surface area (Å²) in [5.41, 5.74) is 1.70. The van der Waals surface area contributed by atoms with Crippen molar-refractivity contribution in [1.29, 1.82) is 0 Å². The normalized spacial score (nSPS) is 21.9. The molecule has 5 nitrogen and oxygen atoms in total. The summed E-state index contributed by atoms with van der Waals surface area (Å²) in [5.74, 6) is 0.489. The number of hydrogen-bond donors (Lipinski definition) is 0. The number of benzene rings is 2. The van der Waals surface area contributed by atoms with Crippen LogP contribution in [0.2, 0.25) is 0 Å². The maximum atomic E-state index is 12.8. The van der Waals surface area contributed by atoms with Gasteiger partial charge in [0.05, 0.1) is 10.9 Å². The summed E-state index contributed by atoms with van der Waals surface area (Å²) in [7, 11) is 0. The summed E-state index contributed by atoms with van der Waals surface area (Å²) in [6, 6.07) is 17.3. The number of carbonyl (C=O) groups excluding carboxylic acids is 1. The van der Waals surface area contributed by atoms with Crippen LogP contribution < -0.4 is 10.4 Å². The van der Waals surface area contributed by atoms with Gasteiger partial charge in [0.15, 0.2) is 6.23 Å². The van der Waals surface area contributed by atoms with Crippen molar-refractivity contribution in [1.82, 2.24) is 4.90 Å². The molecule has 0 N–H and O–H groups in total. The number of ether oxygens (including phenoxy) is 1. The molecule has 5 heteroatoms. The van der Waals surface area contributed by atoms with Gasteiger partial charge in [-0.15, -0.1) is 0 Å². The Hall–Kier alpha value is -3.08. The fourth-order valence-corrected chi connectivity index (χ4v) is 4.22. The lowest BCUT2D eigenvalue weighted by Gasteiger charge is -2.36. The summed E-state index contributed by atoms with van der Waals surface area (Å²) in [5, 5.41) is 0.768. The van der Waals surface area contributed by atoms with Crippen molar-refractivity contribution >= 4 is 16.9 Å². The Morgan fingerprint density at radius 1 is 0.963 bits per heavy atom. The van der Waals surface area contributed by atoms with Crippen LogP contribution in [-0.4, -0.2) is 23.6 Å². The third-order valence-corrected chi connectivity index (χ3v) is 5.50. The second kappa shape index (κ2) is 6.27. The number of likely N-dealkylation sites (tertiary alicyclic amines) is 1. The van der Waals surface area contributed by atoms with Crippen LogP contribution in [0.15, 0.2) is 63.8 Å². The maximum absolute atomic E-state index is 12.8. The Bertz CT molecular complexity index is 1070. The van der Waals surface area contributed by atoms with Crippen molar-refractivity contribution in [2.45, 2.75) is 31.4 Å². The molecule has 0 aliphatic carbocycles. The van der Waals surface area contributed by atoms with Crippen LogP contribution in [0.1, 0.15) is 36.3 Å². The van der Waals surface area contributed by atoms with E-state index in [1.54, 1.807) is 6.07 Å². The van der Waals surface area contributed by atoms with E-state index in [2.05, 4.69) is 0 Å². The minimum absolute atomic E-state index is 0.113. The van der Waals surface area contributed by atoms with Crippen LogP contribution in [0, 0.1) is 0 Å². The lowest BCUT2D eigenvalue weighted by atomic mass is 9.85. The molecule has 3 aromatic rings. The average molecular weight is 361 g/mol. The molecule has 2 aromatic carbocycles. The lowest BCUT2D eigenvalue weighted by Crippen LogP contribution is -2.44. The standard InChI is InChI=1S/C22H19NO4/c24-18-11-6-12-23(18)19-13-16(14-7-2-1-3-8-14)20-21(27-19)15-9-4-5-10-17(15)26-22(20)25/h1-5,7-10,16,19H,6,11-13H2/t16-,19+/m1/s1. The van der Waals surface area contributed by atoms with Gasteiger partial charge in [0, 0.05) is 25.3 Å². The second-order valence-corrected chi connectivity index (χ2v) is 7.09. The summed E-state index contributed by atoms with van der Waals surface area (Å²) in [6.45, 7) is 0.694. The fourth-order valence-electron chi connectivity index (χ4n) is 4.22. The number of amides is 1. The van der Waals surface area contributed by atoms with E-state index in [1.807, 2.05) is 53.4 Å². The predicted molar refractivity (Wildman–Crippen MR) is 101 cm³/mol. The largest absolute Gasteiger partial charge is 0.469 e. The van der Waals surface area contributed by atoms with Gasteiger partial charge in [-0.25, -0.2) is 4.79 Å². The van der Waals surface area contributed by atoms with Crippen molar-refractivity contribution in [2.75, 3.05) is 6.54 Å². The molecule has 0 spiro atoms. The fraction of sp³-hybridized carbons (Fsp3) is 0.273. The van der Waals surface area contributed by atoms with Crippen molar-refractivity contribution < 1.29 is 13.9 Å². The molecule has 1 saturated heterocycles. The Labute approximate surface area is 156 Å². The van der Waals surface area contributed by atoms with Crippen LogP contribution in [0.3, 0.4) is 0 Å². The SMILES string of the molecule is O=C1CCCN1[C@@H]1C[C@H](c2ccccc2)c2c(c3ccccc3oc2=O)O1. The number of para-hydroxylation sites is 1. The van der Waals surface area contributed by atoms with E-state index in [-0.39, 0.29) is 23.7 Å².